The van der Waals surface area contributed by atoms with Gasteiger partial charge in [0, 0.05) is 12.7 Å². The van der Waals surface area contributed by atoms with E-state index in [1.54, 1.807) is 0 Å². The van der Waals surface area contributed by atoms with Crippen LogP contribution in [-0.4, -0.2) is 26.8 Å². The fourth-order valence-electron chi connectivity index (χ4n) is 2.25. The van der Waals surface area contributed by atoms with Crippen LogP contribution in [0.1, 0.15) is 12.8 Å². The van der Waals surface area contributed by atoms with Gasteiger partial charge in [0.05, 0.1) is 0 Å². The second-order valence-electron chi connectivity index (χ2n) is 3.40. The van der Waals surface area contributed by atoms with Crippen LogP contribution in [0.3, 0.4) is 0 Å². The van der Waals surface area contributed by atoms with Crippen LogP contribution in [0.15, 0.2) is 11.8 Å². The molecule has 0 bridgehead atoms. The Morgan fingerprint density at radius 2 is 2.08 bits per heavy atom. The lowest BCUT2D eigenvalue weighted by Gasteiger charge is -2.37. The van der Waals surface area contributed by atoms with Gasteiger partial charge >= 0.3 is 0 Å². The molecule has 1 radical (unpaired) electrons. The van der Waals surface area contributed by atoms with Gasteiger partial charge in [0.2, 0.25) is 0 Å². The maximum absolute atomic E-state index is 3.99. The van der Waals surface area contributed by atoms with E-state index < -0.39 is 0 Å². The monoisotopic (exact) mass is 182 g/mol. The summed E-state index contributed by atoms with van der Waals surface area (Å²) >= 11 is 0. The zero-order chi connectivity index (χ0) is 9.90. The summed E-state index contributed by atoms with van der Waals surface area (Å²) in [5.74, 6) is 0.532. The van der Waals surface area contributed by atoms with Crippen LogP contribution < -0.4 is 16.0 Å². The summed E-state index contributed by atoms with van der Waals surface area (Å²) in [6.45, 7) is 3.99. The van der Waals surface area contributed by atoms with Crippen molar-refractivity contribution in [2.45, 2.75) is 18.5 Å². The van der Waals surface area contributed by atoms with E-state index in [9.17, 15) is 0 Å². The molecule has 0 aromatic rings. The van der Waals surface area contributed by atoms with Gasteiger partial charge in [-0.25, -0.2) is 0 Å². The molecular weight excluding hydrogens is 162 g/mol. The molecule has 0 heterocycles. The third-order valence-electron chi connectivity index (χ3n) is 3.05. The van der Waals surface area contributed by atoms with Crippen molar-refractivity contribution >= 4 is 0 Å². The predicted octanol–water partition coefficient (Wildman–Crippen LogP) is 0.469. The van der Waals surface area contributed by atoms with Gasteiger partial charge in [-0.15, -0.1) is 0 Å². The molecule has 3 nitrogen and oxygen atoms in total. The Morgan fingerprint density at radius 3 is 2.46 bits per heavy atom. The minimum Gasteiger partial charge on any atom is -0.389 e. The van der Waals surface area contributed by atoms with Gasteiger partial charge in [-0.3, -0.25) is 10.6 Å². The van der Waals surface area contributed by atoms with Crippen LogP contribution in [0.2, 0.25) is 0 Å². The largest absolute Gasteiger partial charge is 0.389 e. The lowest BCUT2D eigenvalue weighted by Crippen LogP contribution is -2.60. The van der Waals surface area contributed by atoms with Crippen LogP contribution in [-0.2, 0) is 0 Å². The van der Waals surface area contributed by atoms with E-state index in [1.807, 2.05) is 21.1 Å². The van der Waals surface area contributed by atoms with Crippen LogP contribution in [0.5, 0.6) is 0 Å². The van der Waals surface area contributed by atoms with Crippen molar-refractivity contribution in [2.24, 2.45) is 5.92 Å². The fraction of sp³-hybridized carbons (Fsp3) is 0.700. The van der Waals surface area contributed by atoms with E-state index in [0.717, 1.165) is 12.8 Å². The number of nitrogens with one attached hydrogen (secondary N) is 3. The highest BCUT2D eigenvalue weighted by Crippen LogP contribution is 2.33. The molecule has 1 atom stereocenters. The molecule has 0 aliphatic heterocycles. The van der Waals surface area contributed by atoms with Gasteiger partial charge in [-0.1, -0.05) is 13.0 Å². The first-order valence-corrected chi connectivity index (χ1v) is 4.80. The molecule has 3 heteroatoms. The Morgan fingerprint density at radius 1 is 1.46 bits per heavy atom. The average molecular weight is 182 g/mol. The SMILES string of the molecule is [CH2]CC1CC=C(NC)C1(NC)NC. The Labute approximate surface area is 81.0 Å². The van der Waals surface area contributed by atoms with Gasteiger partial charge in [-0.2, -0.15) is 0 Å². The van der Waals surface area contributed by atoms with Crippen molar-refractivity contribution in [3.05, 3.63) is 18.7 Å². The lowest BCUT2D eigenvalue weighted by molar-refractivity contribution is 0.239. The summed E-state index contributed by atoms with van der Waals surface area (Å²) in [6.07, 6.45) is 4.26. The van der Waals surface area contributed by atoms with E-state index in [1.165, 1.54) is 5.70 Å². The Bertz CT molecular complexity index is 194. The highest BCUT2D eigenvalue weighted by molar-refractivity contribution is 5.25. The zero-order valence-corrected chi connectivity index (χ0v) is 8.78. The number of likely N-dealkylation sites (N-methyl/N-ethyl adjacent to an activating group) is 3. The predicted molar refractivity (Wildman–Crippen MR) is 56.1 cm³/mol. The minimum atomic E-state index is -0.101. The van der Waals surface area contributed by atoms with Crippen LogP contribution in [0.4, 0.5) is 0 Å². The number of rotatable bonds is 4. The molecule has 1 aliphatic carbocycles. The normalized spacial score (nSPS) is 25.8. The van der Waals surface area contributed by atoms with E-state index in [2.05, 4.69) is 29.0 Å². The molecule has 0 aromatic heterocycles. The molecule has 0 spiro atoms. The second-order valence-corrected chi connectivity index (χ2v) is 3.40. The molecule has 1 rings (SSSR count). The summed E-state index contributed by atoms with van der Waals surface area (Å²) in [6, 6.07) is 0. The topological polar surface area (TPSA) is 36.1 Å². The van der Waals surface area contributed by atoms with Gasteiger partial charge < -0.3 is 5.32 Å². The Balaban J connectivity index is 2.89. The fourth-order valence-corrected chi connectivity index (χ4v) is 2.25. The van der Waals surface area contributed by atoms with E-state index in [0.29, 0.717) is 5.92 Å². The standard InChI is InChI=1S/C10H20N3/c1-5-8-6-7-9(11-2)10(8,12-3)13-4/h7-8,11-13H,1,5-6H2,2-4H3. The van der Waals surface area contributed by atoms with Gasteiger partial charge in [-0.05, 0) is 32.9 Å². The van der Waals surface area contributed by atoms with Crippen molar-refractivity contribution in [3.63, 3.8) is 0 Å². The van der Waals surface area contributed by atoms with Crippen LogP contribution in [0, 0.1) is 12.8 Å². The second kappa shape index (κ2) is 4.11. The summed E-state index contributed by atoms with van der Waals surface area (Å²) in [5.41, 5.74) is 1.13. The molecule has 0 saturated carbocycles. The lowest BCUT2D eigenvalue weighted by atomic mass is 9.91. The smallest absolute Gasteiger partial charge is 0.112 e. The minimum absolute atomic E-state index is 0.101. The summed E-state index contributed by atoms with van der Waals surface area (Å²) < 4.78 is 0. The quantitative estimate of drug-likeness (QED) is 0.553. The molecule has 75 valence electrons. The molecule has 1 unspecified atom stereocenters. The van der Waals surface area contributed by atoms with Crippen molar-refractivity contribution in [2.75, 3.05) is 21.1 Å². The molecule has 0 aromatic carbocycles. The van der Waals surface area contributed by atoms with Gasteiger partial charge in [0.25, 0.3) is 0 Å². The van der Waals surface area contributed by atoms with Crippen molar-refractivity contribution in [3.8, 4) is 0 Å². The van der Waals surface area contributed by atoms with Gasteiger partial charge in [0.15, 0.2) is 0 Å². The number of allylic oxidation sites excluding steroid dienone is 1. The highest BCUT2D eigenvalue weighted by atomic mass is 15.2. The van der Waals surface area contributed by atoms with Crippen LogP contribution >= 0.6 is 0 Å². The molecule has 1 aliphatic rings. The summed E-state index contributed by atoms with van der Waals surface area (Å²) in [7, 11) is 5.92. The summed E-state index contributed by atoms with van der Waals surface area (Å²) in [4.78, 5) is 0. The maximum Gasteiger partial charge on any atom is 0.112 e. The molecular formula is C10H20N3. The van der Waals surface area contributed by atoms with E-state index >= 15 is 0 Å². The average Bonchev–Trinajstić information content (AvgIpc) is 2.55. The van der Waals surface area contributed by atoms with E-state index in [-0.39, 0.29) is 5.66 Å². The molecule has 3 N–H and O–H groups in total. The first kappa shape index (κ1) is 10.5. The van der Waals surface area contributed by atoms with Gasteiger partial charge in [0.1, 0.15) is 5.66 Å². The zero-order valence-electron chi connectivity index (χ0n) is 8.78. The summed E-state index contributed by atoms with van der Waals surface area (Å²) in [5, 5.41) is 9.92. The van der Waals surface area contributed by atoms with Crippen LogP contribution in [0.25, 0.3) is 0 Å². The third-order valence-corrected chi connectivity index (χ3v) is 3.05. The maximum atomic E-state index is 3.99. The number of hydrogen-bond acceptors (Lipinski definition) is 3. The first-order chi connectivity index (χ1) is 6.25. The molecule has 0 fully saturated rings. The molecule has 0 amide bonds. The molecule has 0 saturated heterocycles. The highest BCUT2D eigenvalue weighted by Gasteiger charge is 2.41. The first-order valence-electron chi connectivity index (χ1n) is 4.80. The van der Waals surface area contributed by atoms with Crippen molar-refractivity contribution in [1.29, 1.82) is 0 Å². The molecule has 13 heavy (non-hydrogen) atoms. The van der Waals surface area contributed by atoms with Crippen molar-refractivity contribution < 1.29 is 0 Å². The Kier molecular flexibility index (Phi) is 3.33. The number of hydrogen-bond donors (Lipinski definition) is 3. The third kappa shape index (κ3) is 1.46. The Hall–Kier alpha value is -0.540. The van der Waals surface area contributed by atoms with Crippen molar-refractivity contribution in [1.82, 2.24) is 16.0 Å². The van der Waals surface area contributed by atoms with E-state index in [4.69, 9.17) is 0 Å².